The molecule has 2 N–H and O–H groups in total. The van der Waals surface area contributed by atoms with Crippen molar-refractivity contribution in [1.82, 2.24) is 0 Å². The van der Waals surface area contributed by atoms with E-state index in [-0.39, 0.29) is 6.04 Å². The topological polar surface area (TPSA) is 44.5 Å². The Labute approximate surface area is 113 Å². The number of halogens is 1. The standard InChI is InChI=1S/C14H18ClNO2/c1-9(10(2)16)6-11-7-12(15)14-13(8-11)17-4-3-5-18-14/h6-8,10H,3-5,16H2,1-2H3/b9-6+. The summed E-state index contributed by atoms with van der Waals surface area (Å²) in [5.74, 6) is 1.36. The fourth-order valence-corrected chi connectivity index (χ4v) is 2.00. The summed E-state index contributed by atoms with van der Waals surface area (Å²) in [6.07, 6.45) is 2.89. The molecule has 0 amide bonds. The zero-order valence-electron chi connectivity index (χ0n) is 10.7. The van der Waals surface area contributed by atoms with Gasteiger partial charge in [0.1, 0.15) is 0 Å². The Hall–Kier alpha value is -1.19. The predicted molar refractivity (Wildman–Crippen MR) is 74.4 cm³/mol. The predicted octanol–water partition coefficient (Wildman–Crippen LogP) is 3.25. The van der Waals surface area contributed by atoms with Gasteiger partial charge >= 0.3 is 0 Å². The second-order valence-electron chi connectivity index (χ2n) is 4.56. The van der Waals surface area contributed by atoms with Gasteiger partial charge in [-0.2, -0.15) is 0 Å². The van der Waals surface area contributed by atoms with Gasteiger partial charge in [-0.3, -0.25) is 0 Å². The van der Waals surface area contributed by atoms with Crippen LogP contribution in [0, 0.1) is 0 Å². The molecule has 0 fully saturated rings. The summed E-state index contributed by atoms with van der Waals surface area (Å²) in [5, 5.41) is 0.582. The van der Waals surface area contributed by atoms with Gasteiger partial charge in [-0.1, -0.05) is 23.3 Å². The molecule has 0 aromatic heterocycles. The van der Waals surface area contributed by atoms with Gasteiger partial charge in [-0.15, -0.1) is 0 Å². The van der Waals surface area contributed by atoms with Gasteiger partial charge in [-0.25, -0.2) is 0 Å². The highest BCUT2D eigenvalue weighted by molar-refractivity contribution is 6.32. The summed E-state index contributed by atoms with van der Waals surface area (Å²) < 4.78 is 11.2. The molecule has 0 saturated heterocycles. The van der Waals surface area contributed by atoms with Crippen LogP contribution >= 0.6 is 11.6 Å². The van der Waals surface area contributed by atoms with Gasteiger partial charge in [0.15, 0.2) is 11.5 Å². The third-order valence-electron chi connectivity index (χ3n) is 2.94. The average molecular weight is 268 g/mol. The number of fused-ring (bicyclic) bond motifs is 1. The SMILES string of the molecule is C/C(=C\c1cc(Cl)c2c(c1)OCCCO2)C(C)N. The summed E-state index contributed by atoms with van der Waals surface area (Å²) in [6.45, 7) is 5.25. The molecular formula is C14H18ClNO2. The fraction of sp³-hybridized carbons (Fsp3) is 0.429. The summed E-state index contributed by atoms with van der Waals surface area (Å²) >= 11 is 6.22. The molecule has 2 rings (SSSR count). The third-order valence-corrected chi connectivity index (χ3v) is 3.22. The van der Waals surface area contributed by atoms with E-state index in [1.165, 1.54) is 0 Å². The fourth-order valence-electron chi connectivity index (χ4n) is 1.73. The van der Waals surface area contributed by atoms with Gasteiger partial charge in [0.05, 0.1) is 18.2 Å². The van der Waals surface area contributed by atoms with E-state index < -0.39 is 0 Å². The number of ether oxygens (including phenoxy) is 2. The van der Waals surface area contributed by atoms with Crippen LogP contribution in [0.25, 0.3) is 6.08 Å². The van der Waals surface area contributed by atoms with E-state index in [0.29, 0.717) is 29.7 Å². The van der Waals surface area contributed by atoms with E-state index >= 15 is 0 Å². The monoisotopic (exact) mass is 267 g/mol. The maximum Gasteiger partial charge on any atom is 0.179 e. The van der Waals surface area contributed by atoms with E-state index in [1.54, 1.807) is 0 Å². The van der Waals surface area contributed by atoms with Gasteiger partial charge in [0.2, 0.25) is 0 Å². The first-order valence-corrected chi connectivity index (χ1v) is 6.48. The normalized spacial score (nSPS) is 17.2. The van der Waals surface area contributed by atoms with E-state index in [1.807, 2.05) is 32.1 Å². The molecule has 1 aromatic rings. The Kier molecular flexibility index (Phi) is 4.15. The molecule has 4 heteroatoms. The van der Waals surface area contributed by atoms with Gasteiger partial charge in [0, 0.05) is 12.5 Å². The lowest BCUT2D eigenvalue weighted by molar-refractivity contribution is 0.297. The highest BCUT2D eigenvalue weighted by Crippen LogP contribution is 2.38. The van der Waals surface area contributed by atoms with Crippen molar-refractivity contribution in [1.29, 1.82) is 0 Å². The van der Waals surface area contributed by atoms with Crippen molar-refractivity contribution in [2.75, 3.05) is 13.2 Å². The Balaban J connectivity index is 2.37. The van der Waals surface area contributed by atoms with Crippen molar-refractivity contribution < 1.29 is 9.47 Å². The molecule has 1 atom stereocenters. The van der Waals surface area contributed by atoms with Crippen LogP contribution in [0.15, 0.2) is 17.7 Å². The molecule has 0 radical (unpaired) electrons. The third kappa shape index (κ3) is 2.98. The lowest BCUT2D eigenvalue weighted by Gasteiger charge is -2.11. The Morgan fingerprint density at radius 3 is 2.83 bits per heavy atom. The maximum absolute atomic E-state index is 6.22. The van der Waals surface area contributed by atoms with Crippen molar-refractivity contribution in [2.24, 2.45) is 5.73 Å². The summed E-state index contributed by atoms with van der Waals surface area (Å²) in [4.78, 5) is 0. The van der Waals surface area contributed by atoms with Crippen LogP contribution in [0.2, 0.25) is 5.02 Å². The largest absolute Gasteiger partial charge is 0.489 e. The Morgan fingerprint density at radius 2 is 2.11 bits per heavy atom. The first-order valence-electron chi connectivity index (χ1n) is 6.11. The summed E-state index contributed by atoms with van der Waals surface area (Å²) in [7, 11) is 0. The molecule has 0 aliphatic carbocycles. The molecule has 1 heterocycles. The summed E-state index contributed by atoms with van der Waals surface area (Å²) in [6, 6.07) is 3.85. The van der Waals surface area contributed by atoms with Crippen LogP contribution in [-0.2, 0) is 0 Å². The second kappa shape index (κ2) is 5.63. The minimum Gasteiger partial charge on any atom is -0.489 e. The minimum atomic E-state index is 0.0276. The molecule has 0 saturated carbocycles. The quantitative estimate of drug-likeness (QED) is 0.895. The average Bonchev–Trinajstić information content (AvgIpc) is 2.54. The molecule has 0 bridgehead atoms. The Bertz CT molecular complexity index is 469. The molecule has 1 aromatic carbocycles. The van der Waals surface area contributed by atoms with Gasteiger partial charge < -0.3 is 15.2 Å². The molecule has 1 aliphatic rings. The lowest BCUT2D eigenvalue weighted by atomic mass is 10.1. The van der Waals surface area contributed by atoms with Crippen LogP contribution in [0.5, 0.6) is 11.5 Å². The number of benzene rings is 1. The molecule has 98 valence electrons. The van der Waals surface area contributed by atoms with Crippen molar-refractivity contribution in [3.63, 3.8) is 0 Å². The minimum absolute atomic E-state index is 0.0276. The van der Waals surface area contributed by atoms with Crippen molar-refractivity contribution >= 4 is 17.7 Å². The Morgan fingerprint density at radius 1 is 1.39 bits per heavy atom. The van der Waals surface area contributed by atoms with Gasteiger partial charge in [0.25, 0.3) is 0 Å². The molecule has 18 heavy (non-hydrogen) atoms. The number of rotatable bonds is 2. The first-order chi connectivity index (χ1) is 8.58. The van der Waals surface area contributed by atoms with Crippen LogP contribution in [0.1, 0.15) is 25.8 Å². The van der Waals surface area contributed by atoms with Crippen molar-refractivity contribution in [2.45, 2.75) is 26.3 Å². The van der Waals surface area contributed by atoms with Crippen molar-refractivity contribution in [3.05, 3.63) is 28.3 Å². The van der Waals surface area contributed by atoms with E-state index in [9.17, 15) is 0 Å². The molecule has 0 spiro atoms. The number of nitrogens with two attached hydrogens (primary N) is 1. The highest BCUT2D eigenvalue weighted by Gasteiger charge is 2.15. The van der Waals surface area contributed by atoms with Crippen molar-refractivity contribution in [3.8, 4) is 11.5 Å². The molecular weight excluding hydrogens is 250 g/mol. The van der Waals surface area contributed by atoms with E-state index in [2.05, 4.69) is 0 Å². The number of hydrogen-bond donors (Lipinski definition) is 1. The highest BCUT2D eigenvalue weighted by atomic mass is 35.5. The molecule has 3 nitrogen and oxygen atoms in total. The maximum atomic E-state index is 6.22. The zero-order valence-corrected chi connectivity index (χ0v) is 11.5. The molecule has 1 unspecified atom stereocenters. The van der Waals surface area contributed by atoms with E-state index in [0.717, 1.165) is 17.6 Å². The summed E-state index contributed by atoms with van der Waals surface area (Å²) in [5.41, 5.74) is 7.91. The van der Waals surface area contributed by atoms with E-state index in [4.69, 9.17) is 26.8 Å². The first kappa shape index (κ1) is 13.2. The van der Waals surface area contributed by atoms with Crippen LogP contribution in [0.3, 0.4) is 0 Å². The smallest absolute Gasteiger partial charge is 0.179 e. The van der Waals surface area contributed by atoms with Gasteiger partial charge in [-0.05, 0) is 31.5 Å². The van der Waals surface area contributed by atoms with Crippen LogP contribution in [-0.4, -0.2) is 19.3 Å². The zero-order chi connectivity index (χ0) is 13.1. The molecule has 1 aliphatic heterocycles. The number of hydrogen-bond acceptors (Lipinski definition) is 3. The van der Waals surface area contributed by atoms with Crippen LogP contribution in [0.4, 0.5) is 0 Å². The van der Waals surface area contributed by atoms with Crippen LogP contribution < -0.4 is 15.2 Å². The second-order valence-corrected chi connectivity index (χ2v) is 4.96. The lowest BCUT2D eigenvalue weighted by Crippen LogP contribution is -2.15.